The first-order chi connectivity index (χ1) is 9.48. The van der Waals surface area contributed by atoms with E-state index in [9.17, 15) is 9.90 Å². The Morgan fingerprint density at radius 2 is 2.30 bits per heavy atom. The van der Waals surface area contributed by atoms with Crippen molar-refractivity contribution < 1.29 is 9.90 Å². The smallest absolute Gasteiger partial charge is 0.315 e. The van der Waals surface area contributed by atoms with Crippen LogP contribution in [0.2, 0.25) is 0 Å². The van der Waals surface area contributed by atoms with Crippen LogP contribution in [0.1, 0.15) is 32.3 Å². The molecule has 1 saturated carbocycles. The molecule has 1 aromatic rings. The van der Waals surface area contributed by atoms with Gasteiger partial charge < -0.3 is 15.7 Å². The lowest BCUT2D eigenvalue weighted by atomic mass is 9.93. The van der Waals surface area contributed by atoms with Crippen LogP contribution in [-0.4, -0.2) is 23.8 Å². The fourth-order valence-corrected chi connectivity index (χ4v) is 2.76. The van der Waals surface area contributed by atoms with Gasteiger partial charge in [-0.05, 0) is 37.0 Å². The fourth-order valence-electron chi connectivity index (χ4n) is 2.37. The van der Waals surface area contributed by atoms with E-state index in [1.807, 2.05) is 31.2 Å². The lowest BCUT2D eigenvalue weighted by molar-refractivity contribution is 0.171. The number of hydrogen-bond acceptors (Lipinski definition) is 2. The largest absolute Gasteiger partial charge is 0.394 e. The van der Waals surface area contributed by atoms with Crippen molar-refractivity contribution in [1.29, 1.82) is 0 Å². The standard InChI is InChI=1S/C15H21BrN2O2/c1-3-10-7-13(10)17-14(20)18-15(2,9-19)11-5-4-6-12(16)8-11/h4-6,8,10,13,19H,3,7,9H2,1-2H3,(H2,17,18,20)/t10-,13-,15?/m1/s1. The molecule has 0 heterocycles. The maximum Gasteiger partial charge on any atom is 0.315 e. The zero-order valence-electron chi connectivity index (χ0n) is 11.8. The number of rotatable bonds is 5. The van der Waals surface area contributed by atoms with Gasteiger partial charge in [-0.15, -0.1) is 0 Å². The number of nitrogens with one attached hydrogen (secondary N) is 2. The van der Waals surface area contributed by atoms with Crippen LogP contribution in [0, 0.1) is 5.92 Å². The molecular weight excluding hydrogens is 320 g/mol. The molecule has 5 heteroatoms. The molecule has 1 fully saturated rings. The highest BCUT2D eigenvalue weighted by Gasteiger charge is 2.37. The lowest BCUT2D eigenvalue weighted by Gasteiger charge is -2.29. The highest BCUT2D eigenvalue weighted by molar-refractivity contribution is 9.10. The van der Waals surface area contributed by atoms with Crippen molar-refractivity contribution in [2.75, 3.05) is 6.61 Å². The van der Waals surface area contributed by atoms with Gasteiger partial charge in [-0.25, -0.2) is 4.79 Å². The topological polar surface area (TPSA) is 61.4 Å². The molecule has 4 nitrogen and oxygen atoms in total. The average Bonchev–Trinajstić information content (AvgIpc) is 3.16. The van der Waals surface area contributed by atoms with Gasteiger partial charge in [0.15, 0.2) is 0 Å². The summed E-state index contributed by atoms with van der Waals surface area (Å²) < 4.78 is 0.921. The summed E-state index contributed by atoms with van der Waals surface area (Å²) in [6.07, 6.45) is 2.14. The van der Waals surface area contributed by atoms with Gasteiger partial charge in [0.05, 0.1) is 12.1 Å². The van der Waals surface area contributed by atoms with Crippen LogP contribution in [0.4, 0.5) is 4.79 Å². The van der Waals surface area contributed by atoms with Gasteiger partial charge in [-0.2, -0.15) is 0 Å². The van der Waals surface area contributed by atoms with Gasteiger partial charge in [0.25, 0.3) is 0 Å². The summed E-state index contributed by atoms with van der Waals surface area (Å²) in [5.74, 6) is 0.604. The molecule has 0 aliphatic heterocycles. The third-order valence-corrected chi connectivity index (χ3v) is 4.42. The third-order valence-electron chi connectivity index (χ3n) is 3.93. The van der Waals surface area contributed by atoms with Gasteiger partial charge in [-0.1, -0.05) is 41.4 Å². The van der Waals surface area contributed by atoms with E-state index in [1.165, 1.54) is 0 Å². The first kappa shape index (κ1) is 15.3. The van der Waals surface area contributed by atoms with Crippen molar-refractivity contribution in [3.8, 4) is 0 Å². The van der Waals surface area contributed by atoms with E-state index in [2.05, 4.69) is 33.5 Å². The summed E-state index contributed by atoms with van der Waals surface area (Å²) in [6.45, 7) is 3.79. The van der Waals surface area contributed by atoms with Gasteiger partial charge in [0.1, 0.15) is 0 Å². The molecule has 0 radical (unpaired) electrons. The van der Waals surface area contributed by atoms with Crippen molar-refractivity contribution in [2.45, 2.75) is 38.3 Å². The minimum atomic E-state index is -0.787. The summed E-state index contributed by atoms with van der Waals surface area (Å²) in [7, 11) is 0. The van der Waals surface area contributed by atoms with E-state index in [4.69, 9.17) is 0 Å². The van der Waals surface area contributed by atoms with Crippen LogP contribution >= 0.6 is 15.9 Å². The molecule has 1 aliphatic rings. The SMILES string of the molecule is CC[C@@H]1C[C@H]1NC(=O)NC(C)(CO)c1cccc(Br)c1. The summed E-state index contributed by atoms with van der Waals surface area (Å²) in [6, 6.07) is 7.67. The predicted octanol–water partition coefficient (Wildman–Crippen LogP) is 2.75. The Kier molecular flexibility index (Phi) is 4.70. The maximum absolute atomic E-state index is 12.0. The number of amides is 2. The molecule has 1 aliphatic carbocycles. The molecule has 1 aromatic carbocycles. The van der Waals surface area contributed by atoms with E-state index in [-0.39, 0.29) is 18.7 Å². The molecule has 2 amide bonds. The number of aliphatic hydroxyl groups excluding tert-OH is 1. The Morgan fingerprint density at radius 3 is 2.85 bits per heavy atom. The molecule has 0 spiro atoms. The second-order valence-electron chi connectivity index (χ2n) is 5.61. The fraction of sp³-hybridized carbons (Fsp3) is 0.533. The van der Waals surface area contributed by atoms with E-state index in [0.29, 0.717) is 5.92 Å². The Morgan fingerprint density at radius 1 is 1.55 bits per heavy atom. The van der Waals surface area contributed by atoms with Crippen molar-refractivity contribution in [3.05, 3.63) is 34.3 Å². The predicted molar refractivity (Wildman–Crippen MR) is 82.4 cm³/mol. The molecule has 110 valence electrons. The normalized spacial score (nSPS) is 23.8. The van der Waals surface area contributed by atoms with E-state index in [1.54, 1.807) is 0 Å². The maximum atomic E-state index is 12.0. The zero-order valence-corrected chi connectivity index (χ0v) is 13.4. The Balaban J connectivity index is 2.02. The zero-order chi connectivity index (χ0) is 14.8. The van der Waals surface area contributed by atoms with Crippen LogP contribution in [0.15, 0.2) is 28.7 Å². The lowest BCUT2D eigenvalue weighted by Crippen LogP contribution is -2.51. The molecule has 2 rings (SSSR count). The molecule has 0 bridgehead atoms. The van der Waals surface area contributed by atoms with Crippen LogP contribution in [0.3, 0.4) is 0 Å². The van der Waals surface area contributed by atoms with Crippen molar-refractivity contribution in [2.24, 2.45) is 5.92 Å². The molecular formula is C15H21BrN2O2. The van der Waals surface area contributed by atoms with Crippen molar-refractivity contribution >= 4 is 22.0 Å². The second kappa shape index (κ2) is 6.14. The number of benzene rings is 1. The molecule has 1 unspecified atom stereocenters. The average molecular weight is 341 g/mol. The summed E-state index contributed by atoms with van der Waals surface area (Å²) in [5, 5.41) is 15.5. The molecule has 3 atom stereocenters. The van der Waals surface area contributed by atoms with Gasteiger partial charge >= 0.3 is 6.03 Å². The molecule has 3 N–H and O–H groups in total. The monoisotopic (exact) mass is 340 g/mol. The highest BCUT2D eigenvalue weighted by Crippen LogP contribution is 2.33. The van der Waals surface area contributed by atoms with Gasteiger partial charge in [-0.3, -0.25) is 0 Å². The second-order valence-corrected chi connectivity index (χ2v) is 6.53. The van der Waals surface area contributed by atoms with Gasteiger partial charge in [0, 0.05) is 10.5 Å². The summed E-state index contributed by atoms with van der Waals surface area (Å²) >= 11 is 3.41. The minimum Gasteiger partial charge on any atom is -0.394 e. The first-order valence-electron chi connectivity index (χ1n) is 6.94. The summed E-state index contributed by atoms with van der Waals surface area (Å²) in [5.41, 5.74) is 0.0807. The van der Waals surface area contributed by atoms with E-state index >= 15 is 0 Å². The molecule has 0 aromatic heterocycles. The van der Waals surface area contributed by atoms with Crippen LogP contribution in [0.25, 0.3) is 0 Å². The number of urea groups is 1. The van der Waals surface area contributed by atoms with Gasteiger partial charge in [0.2, 0.25) is 0 Å². The summed E-state index contributed by atoms with van der Waals surface area (Å²) in [4.78, 5) is 12.0. The minimum absolute atomic E-state index is 0.154. The Hall–Kier alpha value is -1.07. The number of carbonyl (C=O) groups is 1. The number of hydrogen-bond donors (Lipinski definition) is 3. The number of carbonyl (C=O) groups excluding carboxylic acids is 1. The quantitative estimate of drug-likeness (QED) is 0.771. The Bertz CT molecular complexity index is 495. The van der Waals surface area contributed by atoms with E-state index in [0.717, 1.165) is 22.9 Å². The van der Waals surface area contributed by atoms with Crippen molar-refractivity contribution in [1.82, 2.24) is 10.6 Å². The van der Waals surface area contributed by atoms with Crippen molar-refractivity contribution in [3.63, 3.8) is 0 Å². The number of aliphatic hydroxyl groups is 1. The first-order valence-corrected chi connectivity index (χ1v) is 7.73. The molecule has 0 saturated heterocycles. The van der Waals surface area contributed by atoms with E-state index < -0.39 is 5.54 Å². The Labute approximate surface area is 128 Å². The van der Waals surface area contributed by atoms with Crippen LogP contribution < -0.4 is 10.6 Å². The number of halogens is 1. The molecule has 20 heavy (non-hydrogen) atoms. The third kappa shape index (κ3) is 3.52. The highest BCUT2D eigenvalue weighted by atomic mass is 79.9. The van der Waals surface area contributed by atoms with Crippen LogP contribution in [-0.2, 0) is 5.54 Å². The van der Waals surface area contributed by atoms with Crippen LogP contribution in [0.5, 0.6) is 0 Å².